The van der Waals surface area contributed by atoms with E-state index in [0.717, 1.165) is 0 Å². The van der Waals surface area contributed by atoms with Crippen molar-refractivity contribution in [3.05, 3.63) is 21.5 Å². The Labute approximate surface area is 93.4 Å². The maximum atomic E-state index is 10.8. The summed E-state index contributed by atoms with van der Waals surface area (Å²) >= 11 is 0. The fraction of sp³-hybridized carbons (Fsp3) is 0.600. The predicted octanol–water partition coefficient (Wildman–Crippen LogP) is 1.78. The van der Waals surface area contributed by atoms with Crippen molar-refractivity contribution in [3.63, 3.8) is 0 Å². The van der Waals surface area contributed by atoms with Crippen LogP contribution in [0.2, 0.25) is 0 Å². The van der Waals surface area contributed by atoms with Crippen LogP contribution in [0.25, 0.3) is 0 Å². The third-order valence-electron chi connectivity index (χ3n) is 2.42. The largest absolute Gasteiger partial charge is 0.312 e. The van der Waals surface area contributed by atoms with Gasteiger partial charge >= 0.3 is 5.69 Å². The number of ketones is 1. The lowest BCUT2D eigenvalue weighted by Gasteiger charge is -2.01. The van der Waals surface area contributed by atoms with E-state index in [-0.39, 0.29) is 11.5 Å². The van der Waals surface area contributed by atoms with Gasteiger partial charge in [-0.25, -0.2) is 0 Å². The van der Waals surface area contributed by atoms with Gasteiger partial charge < -0.3 is 4.79 Å². The Morgan fingerprint density at radius 2 is 2.12 bits per heavy atom. The van der Waals surface area contributed by atoms with Gasteiger partial charge in [-0.05, 0) is 27.2 Å². The average Bonchev–Trinajstić information content (AvgIpc) is 2.41. The summed E-state index contributed by atoms with van der Waals surface area (Å²) in [6, 6.07) is 0. The zero-order chi connectivity index (χ0) is 12.3. The smallest absolute Gasteiger partial charge is 0.300 e. The Balaban J connectivity index is 2.79. The number of carbonyl (C=O) groups is 1. The van der Waals surface area contributed by atoms with E-state index in [1.165, 1.54) is 6.92 Å². The molecule has 0 fully saturated rings. The molecule has 16 heavy (non-hydrogen) atoms. The number of nitrogens with zero attached hydrogens (tertiary/aromatic N) is 3. The van der Waals surface area contributed by atoms with E-state index in [1.54, 1.807) is 18.5 Å². The van der Waals surface area contributed by atoms with Crippen molar-refractivity contribution < 1.29 is 9.72 Å². The molecule has 0 bridgehead atoms. The molecule has 0 amide bonds. The van der Waals surface area contributed by atoms with Crippen molar-refractivity contribution in [1.29, 1.82) is 0 Å². The van der Waals surface area contributed by atoms with Gasteiger partial charge in [0, 0.05) is 13.0 Å². The van der Waals surface area contributed by atoms with E-state index in [1.807, 2.05) is 0 Å². The van der Waals surface area contributed by atoms with Gasteiger partial charge in [0.15, 0.2) is 0 Å². The summed E-state index contributed by atoms with van der Waals surface area (Å²) in [4.78, 5) is 21.1. The van der Waals surface area contributed by atoms with Crippen LogP contribution in [0.4, 0.5) is 5.69 Å². The molecule has 0 aliphatic heterocycles. The molecule has 1 aromatic heterocycles. The topological polar surface area (TPSA) is 78.0 Å². The van der Waals surface area contributed by atoms with Crippen molar-refractivity contribution >= 4 is 11.5 Å². The Kier molecular flexibility index (Phi) is 3.76. The van der Waals surface area contributed by atoms with Crippen molar-refractivity contribution in [1.82, 2.24) is 9.78 Å². The predicted molar refractivity (Wildman–Crippen MR) is 58.3 cm³/mol. The van der Waals surface area contributed by atoms with E-state index in [0.29, 0.717) is 30.8 Å². The minimum atomic E-state index is -0.418. The number of rotatable bonds is 5. The monoisotopic (exact) mass is 225 g/mol. The van der Waals surface area contributed by atoms with Gasteiger partial charge in [0.05, 0.1) is 4.92 Å². The molecule has 0 saturated carbocycles. The second-order valence-electron chi connectivity index (χ2n) is 3.81. The SMILES string of the molecule is CC(=O)CCCn1nc(C)c([N+](=O)[O-])c1C. The Hall–Kier alpha value is -1.72. The average molecular weight is 225 g/mol. The van der Waals surface area contributed by atoms with Gasteiger partial charge in [0.25, 0.3) is 0 Å². The van der Waals surface area contributed by atoms with Crippen molar-refractivity contribution in [2.45, 2.75) is 40.2 Å². The van der Waals surface area contributed by atoms with E-state index >= 15 is 0 Å². The lowest BCUT2D eigenvalue weighted by molar-refractivity contribution is -0.386. The maximum Gasteiger partial charge on any atom is 0.312 e. The fourth-order valence-corrected chi connectivity index (χ4v) is 1.65. The van der Waals surface area contributed by atoms with Gasteiger partial charge in [0.2, 0.25) is 0 Å². The quantitative estimate of drug-likeness (QED) is 0.565. The molecule has 0 aliphatic carbocycles. The van der Waals surface area contributed by atoms with Gasteiger partial charge in [-0.1, -0.05) is 0 Å². The van der Waals surface area contributed by atoms with Crippen LogP contribution < -0.4 is 0 Å². The second-order valence-corrected chi connectivity index (χ2v) is 3.81. The van der Waals surface area contributed by atoms with Gasteiger partial charge in [-0.2, -0.15) is 5.10 Å². The van der Waals surface area contributed by atoms with Crippen molar-refractivity contribution in [2.75, 3.05) is 0 Å². The molecular weight excluding hydrogens is 210 g/mol. The molecule has 0 aliphatic rings. The Morgan fingerprint density at radius 1 is 1.50 bits per heavy atom. The normalized spacial score (nSPS) is 10.4. The molecule has 0 atom stereocenters. The van der Waals surface area contributed by atoms with Crippen LogP contribution in [0.5, 0.6) is 0 Å². The van der Waals surface area contributed by atoms with Crippen molar-refractivity contribution in [2.24, 2.45) is 0 Å². The van der Waals surface area contributed by atoms with Crippen molar-refractivity contribution in [3.8, 4) is 0 Å². The Morgan fingerprint density at radius 3 is 2.56 bits per heavy atom. The number of aromatic nitrogens is 2. The minimum Gasteiger partial charge on any atom is -0.300 e. The van der Waals surface area contributed by atoms with Crippen LogP contribution in [0, 0.1) is 24.0 Å². The van der Waals surface area contributed by atoms with Crippen LogP contribution in [0.15, 0.2) is 0 Å². The molecule has 0 radical (unpaired) electrons. The molecule has 1 aromatic rings. The standard InChI is InChI=1S/C10H15N3O3/c1-7(14)5-4-6-12-9(3)10(13(15)16)8(2)11-12/h4-6H2,1-3H3. The second kappa shape index (κ2) is 4.87. The summed E-state index contributed by atoms with van der Waals surface area (Å²) in [5.74, 6) is 0.121. The first kappa shape index (κ1) is 12.4. The molecule has 0 aromatic carbocycles. The molecule has 0 saturated heterocycles. The highest BCUT2D eigenvalue weighted by molar-refractivity contribution is 5.75. The molecule has 1 heterocycles. The number of carbonyl (C=O) groups excluding carboxylic acids is 1. The zero-order valence-corrected chi connectivity index (χ0v) is 9.69. The molecule has 0 N–H and O–H groups in total. The lowest BCUT2D eigenvalue weighted by Crippen LogP contribution is -2.04. The van der Waals surface area contributed by atoms with Crippen LogP contribution in [-0.4, -0.2) is 20.5 Å². The van der Waals surface area contributed by atoms with E-state index in [4.69, 9.17) is 0 Å². The molecule has 1 rings (SSSR count). The summed E-state index contributed by atoms with van der Waals surface area (Å²) in [7, 11) is 0. The molecule has 6 heteroatoms. The van der Waals surface area contributed by atoms with E-state index in [2.05, 4.69) is 5.10 Å². The summed E-state index contributed by atoms with van der Waals surface area (Å²) < 4.78 is 1.59. The summed E-state index contributed by atoms with van der Waals surface area (Å²) in [5, 5.41) is 14.8. The van der Waals surface area contributed by atoms with Gasteiger partial charge in [0.1, 0.15) is 17.2 Å². The highest BCUT2D eigenvalue weighted by Crippen LogP contribution is 2.21. The molecule has 0 spiro atoms. The van der Waals surface area contributed by atoms with Gasteiger partial charge in [-0.15, -0.1) is 0 Å². The number of Topliss-reactive ketones (excluding diaryl/α,β-unsaturated/α-hetero) is 1. The highest BCUT2D eigenvalue weighted by Gasteiger charge is 2.21. The molecule has 0 unspecified atom stereocenters. The number of hydrogen-bond donors (Lipinski definition) is 0. The van der Waals surface area contributed by atoms with Crippen LogP contribution in [0.1, 0.15) is 31.2 Å². The number of nitro groups is 1. The van der Waals surface area contributed by atoms with Crippen LogP contribution >= 0.6 is 0 Å². The third kappa shape index (κ3) is 2.65. The third-order valence-corrected chi connectivity index (χ3v) is 2.42. The first-order valence-electron chi connectivity index (χ1n) is 5.11. The molecule has 88 valence electrons. The number of hydrogen-bond acceptors (Lipinski definition) is 4. The van der Waals surface area contributed by atoms with E-state index < -0.39 is 4.92 Å². The van der Waals surface area contributed by atoms with Crippen LogP contribution in [-0.2, 0) is 11.3 Å². The summed E-state index contributed by atoms with van der Waals surface area (Å²) in [6.45, 7) is 5.36. The summed E-state index contributed by atoms with van der Waals surface area (Å²) in [5.41, 5.74) is 1.04. The van der Waals surface area contributed by atoms with E-state index in [9.17, 15) is 14.9 Å². The minimum absolute atomic E-state index is 0.0721. The Bertz CT molecular complexity index is 423. The molecular formula is C10H15N3O3. The first-order chi connectivity index (χ1) is 7.43. The number of aryl methyl sites for hydroxylation is 2. The zero-order valence-electron chi connectivity index (χ0n) is 9.69. The highest BCUT2D eigenvalue weighted by atomic mass is 16.6. The van der Waals surface area contributed by atoms with Gasteiger partial charge in [-0.3, -0.25) is 14.8 Å². The van der Waals surface area contributed by atoms with Crippen LogP contribution in [0.3, 0.4) is 0 Å². The lowest BCUT2D eigenvalue weighted by atomic mass is 10.2. The first-order valence-corrected chi connectivity index (χ1v) is 5.11. The molecule has 6 nitrogen and oxygen atoms in total. The fourth-order valence-electron chi connectivity index (χ4n) is 1.65. The maximum absolute atomic E-state index is 10.8. The summed E-state index contributed by atoms with van der Waals surface area (Å²) in [6.07, 6.45) is 1.14.